The van der Waals surface area contributed by atoms with Gasteiger partial charge in [-0.25, -0.2) is 4.79 Å². The zero-order valence-electron chi connectivity index (χ0n) is 43.0. The van der Waals surface area contributed by atoms with Crippen molar-refractivity contribution >= 4 is 86.9 Å². The second kappa shape index (κ2) is 28.5. The number of aromatic nitrogens is 2. The van der Waals surface area contributed by atoms with E-state index in [-0.39, 0.29) is 25.2 Å². The summed E-state index contributed by atoms with van der Waals surface area (Å²) in [5.74, 6) is -12.2. The fourth-order valence-corrected chi connectivity index (χ4v) is 8.01. The summed E-state index contributed by atoms with van der Waals surface area (Å²) in [6, 6.07) is -0.132. The number of H-pyrrole nitrogens is 2. The SMILES string of the molecule is CC(C)CC(NC(=O)C(C)N)C(=O)NC(CC(=O)O)C(=O)NC(Cc1c[nH]c2ccccc12)C(=O)NC(CO)C(=O)NC(Cc1c[nH]c2ccccc12)C(=O)NC(C)C(=O)NC(CCC(N)=O)C(=O)NC(C(=O)O)C(C)O. The number of nitrogens with one attached hydrogen (secondary N) is 10. The number of fused-ring (bicyclic) bond motifs is 2. The Kier molecular flexibility index (Phi) is 22.6. The fourth-order valence-electron chi connectivity index (χ4n) is 8.01. The zero-order valence-corrected chi connectivity index (χ0v) is 43.0. The average molecular weight is 1080 g/mol. The lowest BCUT2D eigenvalue weighted by Crippen LogP contribution is -2.61. The molecule has 0 aliphatic heterocycles. The molecule has 18 N–H and O–H groups in total. The first-order chi connectivity index (χ1) is 36.3. The highest BCUT2D eigenvalue weighted by molar-refractivity contribution is 5.99. The second-order valence-electron chi connectivity index (χ2n) is 19.0. The van der Waals surface area contributed by atoms with Crippen LogP contribution in [0.4, 0.5) is 0 Å². The van der Waals surface area contributed by atoms with Crippen LogP contribution in [0.3, 0.4) is 0 Å². The Labute approximate surface area is 441 Å². The minimum atomic E-state index is -1.84. The monoisotopic (exact) mass is 1080 g/mol. The maximum Gasteiger partial charge on any atom is 0.328 e. The normalized spacial score (nSPS) is 15.2. The largest absolute Gasteiger partial charge is 0.481 e. The number of carbonyl (C=O) groups excluding carboxylic acids is 9. The van der Waals surface area contributed by atoms with Gasteiger partial charge in [0.25, 0.3) is 0 Å². The van der Waals surface area contributed by atoms with Gasteiger partial charge in [-0.2, -0.15) is 0 Å². The van der Waals surface area contributed by atoms with Gasteiger partial charge in [-0.15, -0.1) is 0 Å². The molecule has 9 amide bonds. The number of nitrogens with two attached hydrogens (primary N) is 2. The number of hydrogen-bond acceptors (Lipinski definition) is 14. The van der Waals surface area contributed by atoms with Crippen molar-refractivity contribution in [3.8, 4) is 0 Å². The van der Waals surface area contributed by atoms with Crippen LogP contribution in [0, 0.1) is 5.92 Å². The highest BCUT2D eigenvalue weighted by atomic mass is 16.4. The molecule has 2 aromatic carbocycles. The predicted octanol–water partition coefficient (Wildman–Crippen LogP) is -3.08. The van der Waals surface area contributed by atoms with Crippen LogP contribution >= 0.6 is 0 Å². The third kappa shape index (κ3) is 18.1. The van der Waals surface area contributed by atoms with Crippen molar-refractivity contribution in [2.75, 3.05) is 6.61 Å². The van der Waals surface area contributed by atoms with E-state index in [1.54, 1.807) is 74.8 Å². The van der Waals surface area contributed by atoms with Crippen LogP contribution in [0.15, 0.2) is 60.9 Å². The summed E-state index contributed by atoms with van der Waals surface area (Å²) < 4.78 is 0. The van der Waals surface area contributed by atoms with E-state index in [2.05, 4.69) is 52.5 Å². The van der Waals surface area contributed by atoms with Gasteiger partial charge in [0.1, 0.15) is 42.3 Å². The lowest BCUT2D eigenvalue weighted by Gasteiger charge is -2.27. The molecule has 0 spiro atoms. The van der Waals surface area contributed by atoms with E-state index in [1.165, 1.54) is 13.8 Å². The number of para-hydroxylation sites is 2. The number of aromatic amines is 2. The van der Waals surface area contributed by atoms with Crippen molar-refractivity contribution in [3.05, 3.63) is 72.1 Å². The van der Waals surface area contributed by atoms with Crippen LogP contribution in [0.5, 0.6) is 0 Å². The minimum Gasteiger partial charge on any atom is -0.481 e. The number of carboxylic acids is 2. The summed E-state index contributed by atoms with van der Waals surface area (Å²) in [5, 5.41) is 60.1. The number of aliphatic carboxylic acids is 2. The topological polar surface area (TPSA) is 449 Å². The highest BCUT2D eigenvalue weighted by Crippen LogP contribution is 2.21. The first-order valence-corrected chi connectivity index (χ1v) is 24.6. The molecule has 10 atom stereocenters. The van der Waals surface area contributed by atoms with Crippen molar-refractivity contribution in [2.45, 2.75) is 134 Å². The number of carboxylic acid groups (broad SMARTS) is 2. The van der Waals surface area contributed by atoms with Crippen LogP contribution in [0.1, 0.15) is 71.4 Å². The number of aliphatic hydroxyl groups excluding tert-OH is 2. The Morgan fingerprint density at radius 2 is 0.974 bits per heavy atom. The van der Waals surface area contributed by atoms with Crippen molar-refractivity contribution in [3.63, 3.8) is 0 Å². The third-order valence-corrected chi connectivity index (χ3v) is 12.2. The maximum atomic E-state index is 14.4. The van der Waals surface area contributed by atoms with Crippen LogP contribution < -0.4 is 54.0 Å². The van der Waals surface area contributed by atoms with Gasteiger partial charge in [-0.1, -0.05) is 50.2 Å². The standard InChI is InChI=1S/C50H68N12O15/c1-23(2)16-34(57-42(68)24(3)51)46(72)60-37(19-40(66)67)48(74)58-36(18-28-21-54-32-13-9-7-11-30(28)32)47(73)61-38(22-63)49(75)59-35(17-27-20-53-31-12-8-6-10-29(27)31)45(71)55-25(4)43(69)56-33(14-15-39(52)65)44(70)62-41(26(5)64)50(76)77/h6-13,20-21,23-26,33-38,41,53-54,63-64H,14-19,22,51H2,1-5H3,(H2,52,65)(H,55,71)(H,56,69)(H,57,68)(H,58,74)(H,59,75)(H,60,72)(H,61,73)(H,62,70)(H,66,67)(H,76,77). The summed E-state index contributed by atoms with van der Waals surface area (Å²) in [5.41, 5.74) is 13.2. The van der Waals surface area contributed by atoms with Crippen molar-refractivity contribution in [2.24, 2.45) is 17.4 Å². The molecule has 418 valence electrons. The van der Waals surface area contributed by atoms with E-state index < -0.39 is 151 Å². The van der Waals surface area contributed by atoms with Gasteiger partial charge in [0.2, 0.25) is 53.2 Å². The second-order valence-corrected chi connectivity index (χ2v) is 19.0. The van der Waals surface area contributed by atoms with Gasteiger partial charge in [-0.05, 0) is 62.8 Å². The van der Waals surface area contributed by atoms with Gasteiger partial charge in [0.15, 0.2) is 6.04 Å². The Balaban J connectivity index is 1.62. The van der Waals surface area contributed by atoms with Crippen LogP contribution in [-0.2, 0) is 65.6 Å². The van der Waals surface area contributed by atoms with E-state index in [0.29, 0.717) is 32.9 Å². The number of benzene rings is 2. The molecule has 77 heavy (non-hydrogen) atoms. The summed E-state index contributed by atoms with van der Waals surface area (Å²) in [7, 11) is 0. The molecule has 0 fully saturated rings. The maximum absolute atomic E-state index is 14.4. The molecule has 4 rings (SSSR count). The summed E-state index contributed by atoms with van der Waals surface area (Å²) >= 11 is 0. The van der Waals surface area contributed by atoms with Crippen molar-refractivity contribution in [1.82, 2.24) is 52.5 Å². The number of aliphatic hydroxyl groups is 2. The first kappa shape index (κ1) is 61.1. The number of carbonyl (C=O) groups is 11. The fraction of sp³-hybridized carbons (Fsp3) is 0.460. The molecule has 0 bridgehead atoms. The number of hydrogen-bond donors (Lipinski definition) is 16. The van der Waals surface area contributed by atoms with Crippen LogP contribution in [0.2, 0.25) is 0 Å². The average Bonchev–Trinajstić information content (AvgIpc) is 3.97. The van der Waals surface area contributed by atoms with E-state index in [1.807, 2.05) is 0 Å². The molecule has 2 heterocycles. The Bertz CT molecular complexity index is 2790. The van der Waals surface area contributed by atoms with E-state index in [9.17, 15) is 73.2 Å². The molecule has 0 aliphatic rings. The summed E-state index contributed by atoms with van der Waals surface area (Å²) in [6.07, 6.45) is -0.757. The Morgan fingerprint density at radius 1 is 0.545 bits per heavy atom. The van der Waals surface area contributed by atoms with Crippen molar-refractivity contribution < 1.29 is 73.2 Å². The lowest BCUT2D eigenvalue weighted by atomic mass is 10.0. The molecule has 0 saturated carbocycles. The quantitative estimate of drug-likeness (QED) is 0.0246. The van der Waals surface area contributed by atoms with Gasteiger partial charge < -0.3 is 84.4 Å². The van der Waals surface area contributed by atoms with Crippen molar-refractivity contribution in [1.29, 1.82) is 0 Å². The molecule has 10 unspecified atom stereocenters. The van der Waals surface area contributed by atoms with E-state index >= 15 is 0 Å². The Hall–Kier alpha value is -8.43. The first-order valence-electron chi connectivity index (χ1n) is 24.6. The van der Waals surface area contributed by atoms with Crippen LogP contribution in [-0.4, -0.2) is 163 Å². The van der Waals surface area contributed by atoms with E-state index in [4.69, 9.17) is 11.5 Å². The minimum absolute atomic E-state index is 0.0743. The van der Waals surface area contributed by atoms with Gasteiger partial charge in [-0.3, -0.25) is 47.9 Å². The van der Waals surface area contributed by atoms with E-state index in [0.717, 1.165) is 6.92 Å². The molecular weight excluding hydrogens is 1010 g/mol. The molecule has 4 aromatic rings. The Morgan fingerprint density at radius 3 is 1.44 bits per heavy atom. The van der Waals surface area contributed by atoms with Crippen LogP contribution in [0.25, 0.3) is 21.8 Å². The lowest BCUT2D eigenvalue weighted by molar-refractivity contribution is -0.145. The van der Waals surface area contributed by atoms with Gasteiger partial charge in [0, 0.05) is 53.5 Å². The molecule has 0 aliphatic carbocycles. The predicted molar refractivity (Wildman–Crippen MR) is 275 cm³/mol. The molecular formula is C50H68N12O15. The number of amides is 9. The molecule has 0 saturated heterocycles. The molecule has 2 aromatic heterocycles. The number of rotatable bonds is 30. The summed E-state index contributed by atoms with van der Waals surface area (Å²) in [6.45, 7) is 6.14. The number of primary amides is 1. The van der Waals surface area contributed by atoms with Gasteiger partial charge >= 0.3 is 11.9 Å². The molecule has 27 nitrogen and oxygen atoms in total. The smallest absolute Gasteiger partial charge is 0.328 e. The van der Waals surface area contributed by atoms with Gasteiger partial charge in [0.05, 0.1) is 25.2 Å². The molecule has 0 radical (unpaired) electrons. The zero-order chi connectivity index (χ0) is 57.3. The highest BCUT2D eigenvalue weighted by Gasteiger charge is 2.36. The third-order valence-electron chi connectivity index (χ3n) is 12.2. The summed E-state index contributed by atoms with van der Waals surface area (Å²) in [4.78, 5) is 151. The molecule has 27 heteroatoms.